The van der Waals surface area contributed by atoms with Crippen LogP contribution in [0.5, 0.6) is 11.5 Å². The van der Waals surface area contributed by atoms with E-state index in [1.165, 1.54) is 0 Å². The molecule has 0 aliphatic heterocycles. The van der Waals surface area contributed by atoms with Gasteiger partial charge in [-0.15, -0.1) is 0 Å². The van der Waals surface area contributed by atoms with Crippen molar-refractivity contribution in [3.05, 3.63) is 57.7 Å². The summed E-state index contributed by atoms with van der Waals surface area (Å²) < 4.78 is 10.5. The van der Waals surface area contributed by atoms with Crippen LogP contribution in [-0.4, -0.2) is 14.2 Å². The van der Waals surface area contributed by atoms with Crippen LogP contribution in [0.1, 0.15) is 11.1 Å². The van der Waals surface area contributed by atoms with E-state index in [0.717, 1.165) is 44.9 Å². The lowest BCUT2D eigenvalue weighted by molar-refractivity contribution is 0.414. The molecule has 106 valence electrons. The molecule has 0 radical (unpaired) electrons. The second-order valence-corrected chi connectivity index (χ2v) is 5.15. The first-order valence-electron chi connectivity index (χ1n) is 6.90. The zero-order valence-electron chi connectivity index (χ0n) is 12.2. The van der Waals surface area contributed by atoms with Crippen LogP contribution in [0.4, 0.5) is 0 Å². The van der Waals surface area contributed by atoms with Crippen LogP contribution in [0.3, 0.4) is 0 Å². The SMILES string of the molecule is COc1ccc2c(c1)C#Cc1cc(OC)ccc1-c1c-2c1=O. The Hall–Kier alpha value is -2.99. The average Bonchev–Trinajstić information content (AvgIpc) is 3.20. The van der Waals surface area contributed by atoms with E-state index in [-0.39, 0.29) is 5.43 Å². The summed E-state index contributed by atoms with van der Waals surface area (Å²) in [6.07, 6.45) is 0. The highest BCUT2D eigenvalue weighted by Gasteiger charge is 2.29. The molecule has 0 atom stereocenters. The molecule has 0 saturated carbocycles. The molecule has 0 aromatic heterocycles. The lowest BCUT2D eigenvalue weighted by Gasteiger charge is -2.08. The Bertz CT molecular complexity index is 901. The number of hydrogen-bond donors (Lipinski definition) is 0. The van der Waals surface area contributed by atoms with Gasteiger partial charge >= 0.3 is 0 Å². The quantitative estimate of drug-likeness (QED) is 0.532. The van der Waals surface area contributed by atoms with Crippen LogP contribution in [-0.2, 0) is 0 Å². The van der Waals surface area contributed by atoms with Crippen molar-refractivity contribution in [2.45, 2.75) is 0 Å². The molecule has 0 saturated heterocycles. The van der Waals surface area contributed by atoms with E-state index in [4.69, 9.17) is 9.47 Å². The van der Waals surface area contributed by atoms with Crippen molar-refractivity contribution >= 4 is 0 Å². The van der Waals surface area contributed by atoms with Gasteiger partial charge in [0.15, 0.2) is 5.43 Å². The minimum atomic E-state index is 0.0864. The highest BCUT2D eigenvalue weighted by atomic mass is 16.5. The summed E-state index contributed by atoms with van der Waals surface area (Å²) in [5.41, 5.74) is 5.00. The van der Waals surface area contributed by atoms with Gasteiger partial charge in [-0.3, -0.25) is 4.79 Å². The first-order chi connectivity index (χ1) is 10.7. The number of methoxy groups -OCH3 is 2. The maximum atomic E-state index is 12.3. The van der Waals surface area contributed by atoms with Crippen molar-refractivity contribution in [3.8, 4) is 45.6 Å². The van der Waals surface area contributed by atoms with Gasteiger partial charge < -0.3 is 9.47 Å². The van der Waals surface area contributed by atoms with Crippen molar-refractivity contribution in [1.82, 2.24) is 0 Å². The van der Waals surface area contributed by atoms with Crippen LogP contribution < -0.4 is 14.9 Å². The average molecular weight is 288 g/mol. The largest absolute Gasteiger partial charge is 0.497 e. The normalized spacial score (nSPS) is 11.4. The van der Waals surface area contributed by atoms with Crippen molar-refractivity contribution in [3.63, 3.8) is 0 Å². The molecule has 1 aliphatic carbocycles. The van der Waals surface area contributed by atoms with Crippen molar-refractivity contribution in [1.29, 1.82) is 0 Å². The second kappa shape index (κ2) is 4.51. The fourth-order valence-corrected chi connectivity index (χ4v) is 2.76. The van der Waals surface area contributed by atoms with Gasteiger partial charge in [0.2, 0.25) is 0 Å². The fourth-order valence-electron chi connectivity index (χ4n) is 2.76. The van der Waals surface area contributed by atoms with Crippen LogP contribution in [0.2, 0.25) is 0 Å². The second-order valence-electron chi connectivity index (χ2n) is 5.15. The molecule has 0 amide bonds. The topological polar surface area (TPSA) is 35.5 Å². The van der Waals surface area contributed by atoms with E-state index in [1.54, 1.807) is 14.2 Å². The van der Waals surface area contributed by atoms with E-state index in [2.05, 4.69) is 11.8 Å². The van der Waals surface area contributed by atoms with Crippen molar-refractivity contribution in [2.24, 2.45) is 0 Å². The van der Waals surface area contributed by atoms with Gasteiger partial charge in [0.05, 0.1) is 14.2 Å². The summed E-state index contributed by atoms with van der Waals surface area (Å²) in [7, 11) is 3.23. The molecule has 0 unspecified atom stereocenters. The van der Waals surface area contributed by atoms with Gasteiger partial charge in [0, 0.05) is 33.4 Å². The maximum absolute atomic E-state index is 12.3. The zero-order chi connectivity index (χ0) is 15.3. The van der Waals surface area contributed by atoms with Crippen LogP contribution in [0, 0.1) is 11.8 Å². The van der Waals surface area contributed by atoms with Crippen LogP contribution in [0.15, 0.2) is 41.2 Å². The van der Waals surface area contributed by atoms with Gasteiger partial charge in [-0.2, -0.15) is 0 Å². The van der Waals surface area contributed by atoms with Gasteiger partial charge in [0.1, 0.15) is 11.5 Å². The summed E-state index contributed by atoms with van der Waals surface area (Å²) in [6.45, 7) is 0. The molecule has 3 nitrogen and oxygen atoms in total. The van der Waals surface area contributed by atoms with Gasteiger partial charge in [-0.25, -0.2) is 0 Å². The van der Waals surface area contributed by atoms with Crippen molar-refractivity contribution < 1.29 is 9.47 Å². The number of fused-ring (bicyclic) bond motifs is 5. The molecule has 0 N–H and O–H groups in total. The number of benzene rings is 2. The van der Waals surface area contributed by atoms with Crippen LogP contribution in [0.25, 0.3) is 22.3 Å². The Balaban J connectivity index is 1.99. The van der Waals surface area contributed by atoms with Gasteiger partial charge in [-0.05, 0) is 36.4 Å². The van der Waals surface area contributed by atoms with Gasteiger partial charge in [0.25, 0.3) is 0 Å². The van der Waals surface area contributed by atoms with E-state index in [1.807, 2.05) is 36.4 Å². The Morgan fingerprint density at radius 1 is 0.773 bits per heavy atom. The van der Waals surface area contributed by atoms with E-state index in [0.29, 0.717) is 0 Å². The molecule has 0 heterocycles. The van der Waals surface area contributed by atoms with Crippen molar-refractivity contribution in [2.75, 3.05) is 14.2 Å². The predicted octanol–water partition coefficient (Wildman–Crippen LogP) is 2.99. The summed E-state index contributed by atoms with van der Waals surface area (Å²) >= 11 is 0. The fraction of sp³-hybridized carbons (Fsp3) is 0.105. The standard InChI is InChI=1S/C19H12O3/c1-21-13-5-7-15-11(9-13)3-4-12-10-14(22-2)6-8-16(12)18-17(15)19(18)20/h5-10H,1-2H3. The maximum Gasteiger partial charge on any atom is 0.195 e. The third kappa shape index (κ3) is 1.74. The lowest BCUT2D eigenvalue weighted by Crippen LogP contribution is -1.90. The molecule has 0 bridgehead atoms. The molecule has 0 spiro atoms. The molecular formula is C19H12O3. The Morgan fingerprint density at radius 3 is 1.64 bits per heavy atom. The third-order valence-electron chi connectivity index (χ3n) is 3.97. The van der Waals surface area contributed by atoms with Gasteiger partial charge in [-0.1, -0.05) is 11.8 Å². The van der Waals surface area contributed by atoms with E-state index >= 15 is 0 Å². The minimum Gasteiger partial charge on any atom is -0.497 e. The number of rotatable bonds is 2. The Kier molecular flexibility index (Phi) is 2.61. The summed E-state index contributed by atoms with van der Waals surface area (Å²) in [4.78, 5) is 12.3. The van der Waals surface area contributed by atoms with E-state index < -0.39 is 0 Å². The Morgan fingerprint density at radius 2 is 1.23 bits per heavy atom. The van der Waals surface area contributed by atoms with E-state index in [9.17, 15) is 4.79 Å². The number of ether oxygens (including phenoxy) is 2. The highest BCUT2D eigenvalue weighted by molar-refractivity contribution is 5.98. The molecule has 3 aromatic rings. The predicted molar refractivity (Wildman–Crippen MR) is 85.0 cm³/mol. The summed E-state index contributed by atoms with van der Waals surface area (Å²) in [5.74, 6) is 7.77. The molecule has 22 heavy (non-hydrogen) atoms. The summed E-state index contributed by atoms with van der Waals surface area (Å²) in [6, 6.07) is 11.2. The molecule has 0 fully saturated rings. The Labute approximate surface area is 127 Å². The minimum absolute atomic E-state index is 0.0864. The monoisotopic (exact) mass is 288 g/mol. The number of hydrogen-bond acceptors (Lipinski definition) is 3. The zero-order valence-corrected chi connectivity index (χ0v) is 12.2. The third-order valence-corrected chi connectivity index (χ3v) is 3.97. The first-order valence-corrected chi connectivity index (χ1v) is 6.90. The highest BCUT2D eigenvalue weighted by Crippen LogP contribution is 2.40. The molecular weight excluding hydrogens is 276 g/mol. The lowest BCUT2D eigenvalue weighted by atomic mass is 9.98. The smallest absolute Gasteiger partial charge is 0.195 e. The van der Waals surface area contributed by atoms with Crippen LogP contribution >= 0.6 is 0 Å². The molecule has 4 rings (SSSR count). The molecule has 3 heteroatoms. The summed E-state index contributed by atoms with van der Waals surface area (Å²) in [5, 5.41) is 0. The first kappa shape index (κ1) is 12.7. The molecule has 3 aromatic carbocycles. The molecule has 1 aliphatic rings.